The van der Waals surface area contributed by atoms with Crippen molar-refractivity contribution in [3.05, 3.63) is 30.5 Å². The van der Waals surface area contributed by atoms with Crippen LogP contribution in [0.3, 0.4) is 0 Å². The van der Waals surface area contributed by atoms with Gasteiger partial charge in [-0.3, -0.25) is 4.55 Å². The zero-order valence-electron chi connectivity index (χ0n) is 7.64. The molecule has 1 aromatic heterocycles. The van der Waals surface area contributed by atoms with Gasteiger partial charge in [-0.2, -0.15) is 8.42 Å². The van der Waals surface area contributed by atoms with E-state index >= 15 is 0 Å². The number of benzene rings is 1. The summed E-state index contributed by atoms with van der Waals surface area (Å²) in [6, 6.07) is 6.09. The number of hydrogen-bond donors (Lipinski definition) is 2. The molecule has 78 valence electrons. The summed E-state index contributed by atoms with van der Waals surface area (Å²) < 4.78 is 31.1. The average Bonchev–Trinajstić information content (AvgIpc) is 2.17. The van der Waals surface area contributed by atoms with E-state index in [1.165, 1.54) is 12.1 Å². The lowest BCUT2D eigenvalue weighted by Crippen LogP contribution is -2.10. The lowest BCUT2D eigenvalue weighted by atomic mass is 10.2. The third-order valence-corrected chi connectivity index (χ3v) is 3.00. The Hall–Kier alpha value is -1.66. The third kappa shape index (κ3) is 1.64. The van der Waals surface area contributed by atoms with Crippen LogP contribution in [0.25, 0.3) is 10.9 Å². The number of hydrogen-bond acceptors (Lipinski definition) is 3. The average molecular weight is 225 g/mol. The first-order valence-corrected chi connectivity index (χ1v) is 5.60. The van der Waals surface area contributed by atoms with Gasteiger partial charge < -0.3 is 5.73 Å². The Morgan fingerprint density at radius 1 is 1.27 bits per heavy atom. The lowest BCUT2D eigenvalue weighted by molar-refractivity contribution is -0.346. The van der Waals surface area contributed by atoms with Crippen LogP contribution in [0, 0.1) is 0 Å². The largest absolute Gasteiger partial charge is 0.398 e. The maximum absolute atomic E-state index is 11.1. The summed E-state index contributed by atoms with van der Waals surface area (Å²) in [6.45, 7) is 0. The second-order valence-corrected chi connectivity index (χ2v) is 4.48. The highest BCUT2D eigenvalue weighted by atomic mass is 32.2. The molecule has 1 aromatic carbocycles. The first kappa shape index (κ1) is 9.88. The predicted octanol–water partition coefficient (Wildman–Crippen LogP) is 0.483. The zero-order valence-corrected chi connectivity index (χ0v) is 8.45. The van der Waals surface area contributed by atoms with Crippen LogP contribution in [-0.2, 0) is 10.1 Å². The van der Waals surface area contributed by atoms with Gasteiger partial charge in [-0.15, -0.1) is 0 Å². The highest BCUT2D eigenvalue weighted by Crippen LogP contribution is 2.23. The van der Waals surface area contributed by atoms with Crippen LogP contribution in [0.1, 0.15) is 0 Å². The monoisotopic (exact) mass is 225 g/mol. The first-order chi connectivity index (χ1) is 7.00. The number of nitrogen functional groups attached to an aromatic ring is 1. The molecule has 0 radical (unpaired) electrons. The van der Waals surface area contributed by atoms with Crippen LogP contribution in [-0.4, -0.2) is 13.0 Å². The topological polar surface area (TPSA) is 94.5 Å². The zero-order chi connectivity index (χ0) is 11.1. The van der Waals surface area contributed by atoms with Crippen LogP contribution >= 0.6 is 0 Å². The number of aromatic nitrogens is 1. The van der Waals surface area contributed by atoms with E-state index in [9.17, 15) is 8.42 Å². The minimum atomic E-state index is -4.23. The second-order valence-electron chi connectivity index (χ2n) is 3.09. The van der Waals surface area contributed by atoms with Gasteiger partial charge in [-0.25, -0.2) is 4.98 Å². The third-order valence-electron chi connectivity index (χ3n) is 2.11. The minimum absolute atomic E-state index is 0.174. The maximum Gasteiger partial charge on any atom is 0.301 e. The fraction of sp³-hybridized carbons (Fsp3) is 0. The van der Waals surface area contributed by atoms with Gasteiger partial charge in [-0.1, -0.05) is 0 Å². The second kappa shape index (κ2) is 3.18. The SMILES string of the molecule is Nc1ccc(S(=O)(=O)O)c2[nH+]cccc12. The van der Waals surface area contributed by atoms with Gasteiger partial charge in [0.15, 0.2) is 11.1 Å². The number of anilines is 1. The van der Waals surface area contributed by atoms with E-state index in [-0.39, 0.29) is 4.90 Å². The number of pyridine rings is 1. The Bertz CT molecular complexity index is 622. The standard InChI is InChI=1S/C9H8N2O3S/c10-7-3-4-8(15(12,13)14)9-6(7)2-1-5-11-9/h1-5H,10H2,(H,12,13,14)/p+1. The molecule has 6 heteroatoms. The van der Waals surface area contributed by atoms with E-state index in [4.69, 9.17) is 10.3 Å². The Kier molecular flexibility index (Phi) is 2.09. The summed E-state index contributed by atoms with van der Waals surface area (Å²) in [5.74, 6) is 0. The molecule has 0 aliphatic carbocycles. The van der Waals surface area contributed by atoms with Crippen LogP contribution in [0.2, 0.25) is 0 Å². The minimum Gasteiger partial charge on any atom is -0.398 e. The predicted molar refractivity (Wildman–Crippen MR) is 54.7 cm³/mol. The fourth-order valence-electron chi connectivity index (χ4n) is 1.43. The van der Waals surface area contributed by atoms with E-state index in [0.29, 0.717) is 16.6 Å². The van der Waals surface area contributed by atoms with Gasteiger partial charge in [0.2, 0.25) is 5.52 Å². The Balaban J connectivity index is 2.96. The van der Waals surface area contributed by atoms with Crippen molar-refractivity contribution in [3.63, 3.8) is 0 Å². The molecule has 0 unspecified atom stereocenters. The quantitative estimate of drug-likeness (QED) is 0.545. The molecular formula is C9H9N2O3S+. The van der Waals surface area contributed by atoms with Gasteiger partial charge in [0.05, 0.1) is 5.39 Å². The van der Waals surface area contributed by atoms with Gasteiger partial charge in [0.1, 0.15) is 0 Å². The molecule has 0 atom stereocenters. The molecule has 2 rings (SSSR count). The van der Waals surface area contributed by atoms with Gasteiger partial charge in [-0.05, 0) is 18.2 Å². The van der Waals surface area contributed by atoms with E-state index < -0.39 is 10.1 Å². The molecule has 0 spiro atoms. The summed E-state index contributed by atoms with van der Waals surface area (Å²) in [6.07, 6.45) is 1.57. The molecule has 2 aromatic rings. The Morgan fingerprint density at radius 3 is 2.67 bits per heavy atom. The van der Waals surface area contributed by atoms with Crippen LogP contribution in [0.5, 0.6) is 0 Å². The molecule has 0 aliphatic rings. The summed E-state index contributed by atoms with van der Waals surface area (Å²) in [5.41, 5.74) is 6.43. The van der Waals surface area contributed by atoms with Crippen molar-refractivity contribution in [2.24, 2.45) is 0 Å². The van der Waals surface area contributed by atoms with Crippen molar-refractivity contribution >= 4 is 26.7 Å². The molecule has 4 N–H and O–H groups in total. The Labute approximate surface area is 86.3 Å². The van der Waals surface area contributed by atoms with Crippen molar-refractivity contribution < 1.29 is 18.0 Å². The van der Waals surface area contributed by atoms with Crippen molar-refractivity contribution in [1.82, 2.24) is 0 Å². The van der Waals surface area contributed by atoms with E-state index in [1.807, 2.05) is 0 Å². The molecule has 0 fully saturated rings. The molecule has 0 amide bonds. The van der Waals surface area contributed by atoms with Crippen molar-refractivity contribution in [1.29, 1.82) is 0 Å². The normalized spacial score (nSPS) is 11.8. The number of fused-ring (bicyclic) bond motifs is 1. The molecule has 0 aliphatic heterocycles. The highest BCUT2D eigenvalue weighted by molar-refractivity contribution is 7.86. The first-order valence-electron chi connectivity index (χ1n) is 4.16. The number of nitrogens with one attached hydrogen (secondary N) is 1. The number of H-pyrrole nitrogens is 1. The smallest absolute Gasteiger partial charge is 0.301 e. The summed E-state index contributed by atoms with van der Waals surface area (Å²) in [7, 11) is -4.23. The van der Waals surface area contributed by atoms with Crippen LogP contribution < -0.4 is 10.7 Å². The van der Waals surface area contributed by atoms with E-state index in [0.717, 1.165) is 0 Å². The maximum atomic E-state index is 11.1. The molecule has 0 saturated carbocycles. The van der Waals surface area contributed by atoms with Gasteiger partial charge in [0.25, 0.3) is 0 Å². The molecule has 15 heavy (non-hydrogen) atoms. The fourth-order valence-corrected chi connectivity index (χ4v) is 2.10. The highest BCUT2D eigenvalue weighted by Gasteiger charge is 2.19. The van der Waals surface area contributed by atoms with E-state index in [1.54, 1.807) is 18.3 Å². The molecular weight excluding hydrogens is 216 g/mol. The van der Waals surface area contributed by atoms with Crippen molar-refractivity contribution in [3.8, 4) is 0 Å². The number of aromatic amines is 1. The van der Waals surface area contributed by atoms with E-state index in [2.05, 4.69) is 4.98 Å². The lowest BCUT2D eigenvalue weighted by Gasteiger charge is -2.00. The van der Waals surface area contributed by atoms with Crippen LogP contribution in [0.15, 0.2) is 35.4 Å². The molecule has 0 saturated heterocycles. The van der Waals surface area contributed by atoms with Crippen molar-refractivity contribution in [2.45, 2.75) is 4.90 Å². The number of nitrogens with two attached hydrogens (primary N) is 1. The molecule has 1 heterocycles. The van der Waals surface area contributed by atoms with Gasteiger partial charge >= 0.3 is 10.1 Å². The number of rotatable bonds is 1. The molecule has 5 nitrogen and oxygen atoms in total. The summed E-state index contributed by atoms with van der Waals surface area (Å²) >= 11 is 0. The Morgan fingerprint density at radius 2 is 2.00 bits per heavy atom. The van der Waals surface area contributed by atoms with Gasteiger partial charge in [0, 0.05) is 11.8 Å². The molecule has 0 bridgehead atoms. The summed E-state index contributed by atoms with van der Waals surface area (Å²) in [4.78, 5) is 2.57. The van der Waals surface area contributed by atoms with Crippen molar-refractivity contribution in [2.75, 3.05) is 5.73 Å². The summed E-state index contributed by atoms with van der Waals surface area (Å²) in [5, 5.41) is 0.563. The van der Waals surface area contributed by atoms with Crippen LogP contribution in [0.4, 0.5) is 5.69 Å².